The van der Waals surface area contributed by atoms with Crippen LogP contribution in [0.25, 0.3) is 0 Å². The molecule has 1 heterocycles. The van der Waals surface area contributed by atoms with Crippen LogP contribution in [0.15, 0.2) is 6.20 Å². The van der Waals surface area contributed by atoms with Crippen molar-refractivity contribution in [3.63, 3.8) is 0 Å². The summed E-state index contributed by atoms with van der Waals surface area (Å²) in [6, 6.07) is 0.0833. The summed E-state index contributed by atoms with van der Waals surface area (Å²) in [5, 5.41) is 8.24. The summed E-state index contributed by atoms with van der Waals surface area (Å²) < 4.78 is 7.29. The number of rotatable bonds is 6. The van der Waals surface area contributed by atoms with Crippen molar-refractivity contribution in [3.8, 4) is 0 Å². The number of likely N-dealkylation sites (N-methyl/N-ethyl adjacent to an activating group) is 1. The van der Waals surface area contributed by atoms with Crippen molar-refractivity contribution >= 4 is 11.6 Å². The Bertz CT molecular complexity index is 304. The number of nitrogens with one attached hydrogen (secondary N) is 1. The lowest BCUT2D eigenvalue weighted by molar-refractivity contribution is 0.0631. The third kappa shape index (κ3) is 2.75. The Morgan fingerprint density at radius 3 is 2.62 bits per heavy atom. The van der Waals surface area contributed by atoms with Gasteiger partial charge in [-0.3, -0.25) is 4.68 Å². The smallest absolute Gasteiger partial charge is 0.0835 e. The van der Waals surface area contributed by atoms with Gasteiger partial charge in [0.1, 0.15) is 0 Å². The van der Waals surface area contributed by atoms with Crippen LogP contribution >= 0.6 is 11.6 Å². The number of hydrogen-bond acceptors (Lipinski definition) is 3. The molecule has 16 heavy (non-hydrogen) atoms. The molecular formula is C11H20ClN3O. The first-order valence-corrected chi connectivity index (χ1v) is 5.97. The molecule has 0 spiro atoms. The predicted octanol–water partition coefficient (Wildman–Crippen LogP) is 2.15. The first-order valence-electron chi connectivity index (χ1n) is 5.59. The van der Waals surface area contributed by atoms with Crippen LogP contribution in [0.4, 0.5) is 0 Å². The third-order valence-electron chi connectivity index (χ3n) is 2.73. The van der Waals surface area contributed by atoms with E-state index in [-0.39, 0.29) is 12.1 Å². The Balaban J connectivity index is 3.01. The molecule has 92 valence electrons. The highest BCUT2D eigenvalue weighted by Gasteiger charge is 2.25. The summed E-state index contributed by atoms with van der Waals surface area (Å²) in [7, 11) is 3.62. The lowest BCUT2D eigenvalue weighted by Gasteiger charge is -2.26. The highest BCUT2D eigenvalue weighted by molar-refractivity contribution is 6.31. The molecular weight excluding hydrogens is 226 g/mol. The first kappa shape index (κ1) is 13.5. The molecule has 0 aliphatic carbocycles. The average Bonchev–Trinajstić information content (AvgIpc) is 2.59. The zero-order valence-electron chi connectivity index (χ0n) is 10.3. The average molecular weight is 246 g/mol. The molecule has 1 rings (SSSR count). The van der Waals surface area contributed by atoms with Crippen LogP contribution in [0, 0.1) is 0 Å². The van der Waals surface area contributed by atoms with E-state index in [0.29, 0.717) is 5.02 Å². The van der Waals surface area contributed by atoms with E-state index in [4.69, 9.17) is 16.3 Å². The monoisotopic (exact) mass is 245 g/mol. The van der Waals surface area contributed by atoms with E-state index < -0.39 is 0 Å². The van der Waals surface area contributed by atoms with Gasteiger partial charge < -0.3 is 10.1 Å². The van der Waals surface area contributed by atoms with Gasteiger partial charge in [0.15, 0.2) is 0 Å². The minimum Gasteiger partial charge on any atom is -0.379 e. The maximum atomic E-state index is 6.15. The lowest BCUT2D eigenvalue weighted by atomic mass is 10.0. The van der Waals surface area contributed by atoms with Crippen LogP contribution in [-0.2, 0) is 11.8 Å². The molecule has 1 aromatic rings. The van der Waals surface area contributed by atoms with Crippen molar-refractivity contribution in [2.75, 3.05) is 13.7 Å². The molecule has 1 N–H and O–H groups in total. The summed E-state index contributed by atoms with van der Waals surface area (Å²) in [6.45, 7) is 5.04. The summed E-state index contributed by atoms with van der Waals surface area (Å²) in [5.41, 5.74) is 0.984. The fourth-order valence-electron chi connectivity index (χ4n) is 1.93. The molecule has 0 saturated carbocycles. The normalized spacial score (nSPS) is 15.1. The van der Waals surface area contributed by atoms with Crippen molar-refractivity contribution in [1.29, 1.82) is 0 Å². The van der Waals surface area contributed by atoms with Gasteiger partial charge in [0.25, 0.3) is 0 Å². The van der Waals surface area contributed by atoms with E-state index in [1.54, 1.807) is 18.0 Å². The van der Waals surface area contributed by atoms with Crippen LogP contribution < -0.4 is 5.32 Å². The highest BCUT2D eigenvalue weighted by atomic mass is 35.5. The molecule has 0 amide bonds. The molecule has 4 nitrogen and oxygen atoms in total. The van der Waals surface area contributed by atoms with Crippen molar-refractivity contribution in [2.45, 2.75) is 32.4 Å². The van der Waals surface area contributed by atoms with Gasteiger partial charge in [-0.05, 0) is 13.0 Å². The minimum absolute atomic E-state index is 0.0833. The fourth-order valence-corrected chi connectivity index (χ4v) is 2.22. The Kier molecular flexibility index (Phi) is 5.25. The van der Waals surface area contributed by atoms with E-state index >= 15 is 0 Å². The Labute approximate surface area is 102 Å². The van der Waals surface area contributed by atoms with E-state index in [1.165, 1.54) is 0 Å². The second-order valence-corrected chi connectivity index (χ2v) is 4.13. The van der Waals surface area contributed by atoms with Gasteiger partial charge in [0, 0.05) is 14.2 Å². The van der Waals surface area contributed by atoms with Gasteiger partial charge in [-0.1, -0.05) is 25.4 Å². The van der Waals surface area contributed by atoms with Crippen molar-refractivity contribution in [1.82, 2.24) is 15.1 Å². The number of methoxy groups -OCH3 is 1. The van der Waals surface area contributed by atoms with Crippen LogP contribution in [-0.4, -0.2) is 29.5 Å². The summed E-state index contributed by atoms with van der Waals surface area (Å²) >= 11 is 6.15. The third-order valence-corrected chi connectivity index (χ3v) is 3.02. The number of nitrogens with zero attached hydrogens (tertiary/aromatic N) is 2. The predicted molar refractivity (Wildman–Crippen MR) is 65.7 cm³/mol. The quantitative estimate of drug-likeness (QED) is 0.835. The molecule has 0 aliphatic rings. The molecule has 0 saturated heterocycles. The van der Waals surface area contributed by atoms with Gasteiger partial charge >= 0.3 is 0 Å². The molecule has 2 unspecified atom stereocenters. The molecule has 5 heteroatoms. The molecule has 0 bridgehead atoms. The Morgan fingerprint density at radius 2 is 2.25 bits per heavy atom. The molecule has 0 aliphatic heterocycles. The maximum absolute atomic E-state index is 6.15. The first-order chi connectivity index (χ1) is 7.65. The zero-order chi connectivity index (χ0) is 12.1. The van der Waals surface area contributed by atoms with Crippen molar-refractivity contribution < 1.29 is 4.74 Å². The standard InChI is InChI=1S/C11H20ClN3O/c1-5-9(16-4)10(13-6-2)11-8(12)7-14-15(11)3/h7,9-10,13H,5-6H2,1-4H3. The van der Waals surface area contributed by atoms with Gasteiger partial charge in [0.05, 0.1) is 29.1 Å². The maximum Gasteiger partial charge on any atom is 0.0835 e. The van der Waals surface area contributed by atoms with Crippen LogP contribution in [0.3, 0.4) is 0 Å². The Morgan fingerprint density at radius 1 is 1.56 bits per heavy atom. The van der Waals surface area contributed by atoms with Crippen LogP contribution in [0.1, 0.15) is 32.0 Å². The zero-order valence-corrected chi connectivity index (χ0v) is 11.1. The number of halogens is 1. The van der Waals surface area contributed by atoms with E-state index in [2.05, 4.69) is 24.3 Å². The topological polar surface area (TPSA) is 39.1 Å². The SMILES string of the molecule is CCNC(c1c(Cl)cnn1C)C(CC)OC. The van der Waals surface area contributed by atoms with Crippen LogP contribution in [0.5, 0.6) is 0 Å². The molecule has 2 atom stereocenters. The molecule has 0 aromatic carbocycles. The van der Waals surface area contributed by atoms with Crippen molar-refractivity contribution in [3.05, 3.63) is 16.9 Å². The van der Waals surface area contributed by atoms with Crippen molar-refractivity contribution in [2.24, 2.45) is 7.05 Å². The summed E-state index contributed by atoms with van der Waals surface area (Å²) in [5.74, 6) is 0. The lowest BCUT2D eigenvalue weighted by Crippen LogP contribution is -2.34. The molecule has 1 aromatic heterocycles. The minimum atomic E-state index is 0.0833. The highest BCUT2D eigenvalue weighted by Crippen LogP contribution is 2.27. The van der Waals surface area contributed by atoms with Crippen LogP contribution in [0.2, 0.25) is 5.02 Å². The van der Waals surface area contributed by atoms with Gasteiger partial charge in [0.2, 0.25) is 0 Å². The largest absolute Gasteiger partial charge is 0.379 e. The molecule has 0 fully saturated rings. The van der Waals surface area contributed by atoms with E-state index in [1.807, 2.05) is 7.05 Å². The number of aryl methyl sites for hydroxylation is 1. The van der Waals surface area contributed by atoms with Gasteiger partial charge in [-0.15, -0.1) is 0 Å². The Hall–Kier alpha value is -0.580. The molecule has 0 radical (unpaired) electrons. The number of aromatic nitrogens is 2. The van der Waals surface area contributed by atoms with E-state index in [0.717, 1.165) is 18.7 Å². The number of hydrogen-bond donors (Lipinski definition) is 1. The van der Waals surface area contributed by atoms with Gasteiger partial charge in [-0.2, -0.15) is 5.10 Å². The van der Waals surface area contributed by atoms with Gasteiger partial charge in [-0.25, -0.2) is 0 Å². The summed E-state index contributed by atoms with van der Waals surface area (Å²) in [4.78, 5) is 0. The van der Waals surface area contributed by atoms with E-state index in [9.17, 15) is 0 Å². The number of ether oxygens (including phenoxy) is 1. The second-order valence-electron chi connectivity index (χ2n) is 3.72. The second kappa shape index (κ2) is 6.23. The summed E-state index contributed by atoms with van der Waals surface area (Å²) in [6.07, 6.45) is 2.70. The fraction of sp³-hybridized carbons (Fsp3) is 0.727.